The van der Waals surface area contributed by atoms with Crippen molar-refractivity contribution in [3.63, 3.8) is 0 Å². The van der Waals surface area contributed by atoms with E-state index < -0.39 is 0 Å². The number of aryl methyl sites for hydroxylation is 1. The molecule has 0 amide bonds. The molecule has 0 spiro atoms. The minimum absolute atomic E-state index is 0.456. The van der Waals surface area contributed by atoms with Crippen LogP contribution in [-0.2, 0) is 0 Å². The average molecular weight is 164 g/mol. The third-order valence-corrected chi connectivity index (χ3v) is 1.46. The molecule has 1 heterocycles. The summed E-state index contributed by atoms with van der Waals surface area (Å²) in [4.78, 5) is 0. The van der Waals surface area contributed by atoms with Crippen LogP contribution in [0.5, 0.6) is 0 Å². The third kappa shape index (κ3) is 1.77. The normalized spacial score (nSPS) is 9.17. The van der Waals surface area contributed by atoms with Crippen LogP contribution in [0, 0.1) is 18.8 Å². The van der Waals surface area contributed by atoms with Crippen LogP contribution >= 0.6 is 0 Å². The molecule has 1 rings (SSSR count). The Morgan fingerprint density at radius 3 is 2.83 bits per heavy atom. The van der Waals surface area contributed by atoms with Gasteiger partial charge >= 0.3 is 0 Å². The summed E-state index contributed by atoms with van der Waals surface area (Å²) in [6.07, 6.45) is 0.685. The summed E-state index contributed by atoms with van der Waals surface area (Å²) in [5.74, 6) is 6.27. The van der Waals surface area contributed by atoms with Crippen molar-refractivity contribution in [1.29, 1.82) is 0 Å². The van der Waals surface area contributed by atoms with Crippen molar-refractivity contribution >= 4 is 5.82 Å². The van der Waals surface area contributed by atoms with E-state index >= 15 is 0 Å². The van der Waals surface area contributed by atoms with Gasteiger partial charge < -0.3 is 11.5 Å². The monoisotopic (exact) mass is 164 g/mol. The maximum Gasteiger partial charge on any atom is 0.161 e. The summed E-state index contributed by atoms with van der Waals surface area (Å²) in [6.45, 7) is 2.46. The maximum atomic E-state index is 5.55. The van der Waals surface area contributed by atoms with Crippen LogP contribution in [0.4, 0.5) is 5.82 Å². The van der Waals surface area contributed by atoms with Gasteiger partial charge in [0.05, 0.1) is 5.56 Å². The van der Waals surface area contributed by atoms with Crippen LogP contribution in [0.15, 0.2) is 0 Å². The standard InChI is InChI=1S/C8H12N4/c1-6-7(4-2-3-5-9)8(10)12-11-6/h3,5,9H2,1H3,(H3,10,11,12). The van der Waals surface area contributed by atoms with Gasteiger partial charge in [-0.3, -0.25) is 5.10 Å². The number of anilines is 1. The number of nitrogens with two attached hydrogens (primary N) is 2. The summed E-state index contributed by atoms with van der Waals surface area (Å²) in [5, 5.41) is 6.57. The van der Waals surface area contributed by atoms with Gasteiger partial charge in [-0.25, -0.2) is 0 Å². The van der Waals surface area contributed by atoms with Gasteiger partial charge in [0.15, 0.2) is 5.82 Å². The molecule has 0 saturated heterocycles. The average Bonchev–Trinajstić information content (AvgIpc) is 2.35. The van der Waals surface area contributed by atoms with E-state index in [0.717, 1.165) is 11.3 Å². The van der Waals surface area contributed by atoms with Gasteiger partial charge in [-0.05, 0) is 6.92 Å². The molecule has 0 aliphatic rings. The Kier molecular flexibility index (Phi) is 2.72. The van der Waals surface area contributed by atoms with Gasteiger partial charge in [-0.1, -0.05) is 11.8 Å². The highest BCUT2D eigenvalue weighted by Gasteiger charge is 2.01. The van der Waals surface area contributed by atoms with E-state index in [1.54, 1.807) is 0 Å². The first-order chi connectivity index (χ1) is 5.75. The fraction of sp³-hybridized carbons (Fsp3) is 0.375. The molecule has 0 aliphatic carbocycles. The number of H-pyrrole nitrogens is 1. The molecular weight excluding hydrogens is 152 g/mol. The van der Waals surface area contributed by atoms with E-state index in [1.807, 2.05) is 6.92 Å². The van der Waals surface area contributed by atoms with Crippen molar-refractivity contribution in [2.75, 3.05) is 12.3 Å². The lowest BCUT2D eigenvalue weighted by Gasteiger charge is -1.86. The minimum Gasteiger partial charge on any atom is -0.381 e. The van der Waals surface area contributed by atoms with Gasteiger partial charge in [0.25, 0.3) is 0 Å². The van der Waals surface area contributed by atoms with Crippen LogP contribution < -0.4 is 11.5 Å². The van der Waals surface area contributed by atoms with Crippen molar-refractivity contribution in [1.82, 2.24) is 10.2 Å². The van der Waals surface area contributed by atoms with Crippen LogP contribution in [0.2, 0.25) is 0 Å². The number of rotatable bonds is 1. The number of nitrogens with zero attached hydrogens (tertiary/aromatic N) is 1. The van der Waals surface area contributed by atoms with Crippen molar-refractivity contribution in [2.45, 2.75) is 13.3 Å². The second-order valence-corrected chi connectivity index (χ2v) is 2.45. The molecule has 4 nitrogen and oxygen atoms in total. The topological polar surface area (TPSA) is 80.7 Å². The van der Waals surface area contributed by atoms with Crippen molar-refractivity contribution in [2.24, 2.45) is 5.73 Å². The first-order valence-electron chi connectivity index (χ1n) is 3.75. The van der Waals surface area contributed by atoms with Crippen molar-refractivity contribution in [3.8, 4) is 11.8 Å². The highest BCUT2D eigenvalue weighted by Crippen LogP contribution is 2.09. The molecule has 1 aromatic rings. The van der Waals surface area contributed by atoms with E-state index in [2.05, 4.69) is 22.0 Å². The second kappa shape index (κ2) is 3.79. The number of nitrogen functional groups attached to an aromatic ring is 1. The molecule has 0 atom stereocenters. The first-order valence-corrected chi connectivity index (χ1v) is 3.75. The lowest BCUT2D eigenvalue weighted by molar-refractivity contribution is 1.03. The molecule has 5 N–H and O–H groups in total. The summed E-state index contributed by atoms with van der Waals surface area (Å²) in [5.41, 5.74) is 12.5. The van der Waals surface area contributed by atoms with E-state index in [9.17, 15) is 0 Å². The molecule has 64 valence electrons. The largest absolute Gasteiger partial charge is 0.381 e. The number of aromatic nitrogens is 2. The van der Waals surface area contributed by atoms with E-state index in [-0.39, 0.29) is 0 Å². The highest BCUT2D eigenvalue weighted by molar-refractivity contribution is 5.52. The summed E-state index contributed by atoms with van der Waals surface area (Å²) >= 11 is 0. The smallest absolute Gasteiger partial charge is 0.161 e. The quantitative estimate of drug-likeness (QED) is 0.511. The fourth-order valence-electron chi connectivity index (χ4n) is 0.829. The SMILES string of the molecule is Cc1[nH]nc(N)c1C#CCCN. The molecule has 12 heavy (non-hydrogen) atoms. The second-order valence-electron chi connectivity index (χ2n) is 2.45. The van der Waals surface area contributed by atoms with Crippen molar-refractivity contribution < 1.29 is 0 Å². The molecule has 0 radical (unpaired) electrons. The number of nitrogens with one attached hydrogen (secondary N) is 1. The summed E-state index contributed by atoms with van der Waals surface area (Å²) in [7, 11) is 0. The Bertz CT molecular complexity index is 296. The Morgan fingerprint density at radius 2 is 2.33 bits per heavy atom. The van der Waals surface area contributed by atoms with E-state index in [1.165, 1.54) is 0 Å². The predicted molar refractivity (Wildman–Crippen MR) is 48.3 cm³/mol. The fourth-order valence-corrected chi connectivity index (χ4v) is 0.829. The molecule has 0 aromatic carbocycles. The Morgan fingerprint density at radius 1 is 1.58 bits per heavy atom. The van der Waals surface area contributed by atoms with Gasteiger partial charge in [0, 0.05) is 18.7 Å². The highest BCUT2D eigenvalue weighted by atomic mass is 15.2. The molecule has 0 unspecified atom stereocenters. The van der Waals surface area contributed by atoms with Crippen molar-refractivity contribution in [3.05, 3.63) is 11.3 Å². The number of hydrogen-bond donors (Lipinski definition) is 3. The van der Waals surface area contributed by atoms with Crippen LogP contribution in [0.3, 0.4) is 0 Å². The predicted octanol–water partition coefficient (Wildman–Crippen LogP) is 0.000620. The zero-order chi connectivity index (χ0) is 8.97. The lowest BCUT2D eigenvalue weighted by atomic mass is 10.2. The molecule has 0 bridgehead atoms. The zero-order valence-corrected chi connectivity index (χ0v) is 7.02. The minimum atomic E-state index is 0.456. The van der Waals surface area contributed by atoms with Gasteiger partial charge in [-0.15, -0.1) is 0 Å². The Labute approximate surface area is 71.3 Å². The summed E-state index contributed by atoms with van der Waals surface area (Å²) < 4.78 is 0. The molecule has 4 heteroatoms. The van der Waals surface area contributed by atoms with Crippen LogP contribution in [0.1, 0.15) is 17.7 Å². The van der Waals surface area contributed by atoms with Gasteiger partial charge in [0.1, 0.15) is 0 Å². The molecule has 1 aromatic heterocycles. The van der Waals surface area contributed by atoms with E-state index in [0.29, 0.717) is 18.8 Å². The van der Waals surface area contributed by atoms with E-state index in [4.69, 9.17) is 11.5 Å². The third-order valence-electron chi connectivity index (χ3n) is 1.46. The molecule has 0 aliphatic heterocycles. The maximum absolute atomic E-state index is 5.55. The zero-order valence-electron chi connectivity index (χ0n) is 7.02. The molecular formula is C8H12N4. The first kappa shape index (κ1) is 8.62. The Hall–Kier alpha value is -1.47. The van der Waals surface area contributed by atoms with Gasteiger partial charge in [0.2, 0.25) is 0 Å². The van der Waals surface area contributed by atoms with Gasteiger partial charge in [-0.2, -0.15) is 5.10 Å². The Balaban J connectivity index is 2.82. The number of hydrogen-bond acceptors (Lipinski definition) is 3. The molecule has 0 fully saturated rings. The van der Waals surface area contributed by atoms with Crippen LogP contribution in [-0.4, -0.2) is 16.7 Å². The lowest BCUT2D eigenvalue weighted by Crippen LogP contribution is -1.95. The summed E-state index contributed by atoms with van der Waals surface area (Å²) in [6, 6.07) is 0. The molecule has 0 saturated carbocycles. The number of aromatic amines is 1. The van der Waals surface area contributed by atoms with Crippen LogP contribution in [0.25, 0.3) is 0 Å².